The lowest BCUT2D eigenvalue weighted by Gasteiger charge is -2.30. The van der Waals surface area contributed by atoms with Gasteiger partial charge in [0.2, 0.25) is 5.91 Å². The summed E-state index contributed by atoms with van der Waals surface area (Å²) in [5.74, 6) is -0.476. The van der Waals surface area contributed by atoms with Gasteiger partial charge in [0.15, 0.2) is 0 Å². The summed E-state index contributed by atoms with van der Waals surface area (Å²) >= 11 is 4.84. The van der Waals surface area contributed by atoms with Crippen LogP contribution < -0.4 is 5.73 Å². The minimum atomic E-state index is -0.429. The first kappa shape index (κ1) is 13.4. The van der Waals surface area contributed by atoms with Crippen molar-refractivity contribution in [3.8, 4) is 0 Å². The van der Waals surface area contributed by atoms with Crippen LogP contribution in [0.2, 0.25) is 0 Å². The molecule has 1 heterocycles. The fraction of sp³-hybridized carbons (Fsp3) is 0.818. The molecule has 0 saturated carbocycles. The Hall–Kier alpha value is -0.680. The monoisotopic (exact) mass is 244 g/mol. The second-order valence-corrected chi connectivity index (χ2v) is 4.81. The smallest absolute Gasteiger partial charge is 0.232 e. The molecule has 1 fully saturated rings. The number of nitrogens with zero attached hydrogens (tertiary/aromatic N) is 1. The van der Waals surface area contributed by atoms with Gasteiger partial charge >= 0.3 is 0 Å². The second-order valence-electron chi connectivity index (χ2n) is 4.34. The van der Waals surface area contributed by atoms with Crippen LogP contribution in [0.25, 0.3) is 0 Å². The largest absolute Gasteiger partial charge is 0.394 e. The average molecular weight is 244 g/mol. The Bertz CT molecular complexity index is 271. The molecule has 0 aliphatic carbocycles. The lowest BCUT2D eigenvalue weighted by Crippen LogP contribution is -2.47. The zero-order valence-electron chi connectivity index (χ0n) is 9.69. The topological polar surface area (TPSA) is 66.6 Å². The molecule has 16 heavy (non-hydrogen) atoms. The van der Waals surface area contributed by atoms with E-state index in [0.29, 0.717) is 6.54 Å². The Morgan fingerprint density at radius 1 is 1.56 bits per heavy atom. The van der Waals surface area contributed by atoms with Crippen LogP contribution >= 0.6 is 12.2 Å². The van der Waals surface area contributed by atoms with Crippen LogP contribution in [0, 0.1) is 5.92 Å². The highest BCUT2D eigenvalue weighted by Gasteiger charge is 2.29. The summed E-state index contributed by atoms with van der Waals surface area (Å²) in [7, 11) is 0. The number of rotatable bonds is 3. The van der Waals surface area contributed by atoms with Gasteiger partial charge in [0.1, 0.15) is 0 Å². The average Bonchev–Trinajstić information content (AvgIpc) is 2.51. The summed E-state index contributed by atoms with van der Waals surface area (Å²) < 4.78 is 0. The van der Waals surface area contributed by atoms with Crippen molar-refractivity contribution in [2.24, 2.45) is 11.7 Å². The van der Waals surface area contributed by atoms with Crippen molar-refractivity contribution in [3.63, 3.8) is 0 Å². The Morgan fingerprint density at radius 3 is 2.81 bits per heavy atom. The Kier molecular flexibility index (Phi) is 5.15. The zero-order valence-corrected chi connectivity index (χ0v) is 10.5. The molecule has 1 aliphatic heterocycles. The summed E-state index contributed by atoms with van der Waals surface area (Å²) in [6.07, 6.45) is 4.04. The fourth-order valence-corrected chi connectivity index (χ4v) is 2.13. The van der Waals surface area contributed by atoms with Gasteiger partial charge in [-0.15, -0.1) is 0 Å². The molecular formula is C11H20N2O2S. The molecule has 92 valence electrons. The van der Waals surface area contributed by atoms with Gasteiger partial charge in [-0.1, -0.05) is 25.1 Å². The predicted molar refractivity (Wildman–Crippen MR) is 67.0 cm³/mol. The van der Waals surface area contributed by atoms with Crippen LogP contribution in [0.5, 0.6) is 0 Å². The number of hydrogen-bond acceptors (Lipinski definition) is 3. The lowest BCUT2D eigenvalue weighted by atomic mass is 10.1. The van der Waals surface area contributed by atoms with E-state index < -0.39 is 5.92 Å². The van der Waals surface area contributed by atoms with Gasteiger partial charge < -0.3 is 15.7 Å². The van der Waals surface area contributed by atoms with E-state index >= 15 is 0 Å². The van der Waals surface area contributed by atoms with Gasteiger partial charge in [-0.05, 0) is 19.8 Å². The lowest BCUT2D eigenvalue weighted by molar-refractivity contribution is -0.136. The van der Waals surface area contributed by atoms with Crippen LogP contribution in [-0.2, 0) is 4.79 Å². The third-order valence-corrected chi connectivity index (χ3v) is 3.52. The molecule has 2 unspecified atom stereocenters. The molecule has 1 saturated heterocycles. The van der Waals surface area contributed by atoms with E-state index in [2.05, 4.69) is 0 Å². The fourth-order valence-electron chi connectivity index (χ4n) is 2.03. The first-order chi connectivity index (χ1) is 7.57. The summed E-state index contributed by atoms with van der Waals surface area (Å²) in [4.78, 5) is 14.1. The molecule has 0 aromatic carbocycles. The molecule has 0 aromatic rings. The molecule has 2 atom stereocenters. The van der Waals surface area contributed by atoms with Crippen LogP contribution in [0.15, 0.2) is 0 Å². The van der Waals surface area contributed by atoms with E-state index in [1.54, 1.807) is 11.8 Å². The molecule has 0 spiro atoms. The number of aliphatic hydroxyl groups excluding tert-OH is 1. The highest BCUT2D eigenvalue weighted by atomic mass is 32.1. The summed E-state index contributed by atoms with van der Waals surface area (Å²) in [6.45, 7) is 2.46. The van der Waals surface area contributed by atoms with Crippen LogP contribution in [0.1, 0.15) is 32.6 Å². The number of amides is 1. The SMILES string of the molecule is CC(C(=O)N1CCCCCC1CO)C(N)=S. The Balaban J connectivity index is 2.73. The summed E-state index contributed by atoms with van der Waals surface area (Å²) in [5, 5.41) is 9.30. The summed E-state index contributed by atoms with van der Waals surface area (Å²) in [5.41, 5.74) is 5.49. The van der Waals surface area contributed by atoms with Crippen molar-refractivity contribution in [1.29, 1.82) is 0 Å². The first-order valence-electron chi connectivity index (χ1n) is 5.78. The number of carbonyl (C=O) groups is 1. The maximum atomic E-state index is 12.1. The Labute approximate surface area is 102 Å². The van der Waals surface area contributed by atoms with Gasteiger partial charge in [0, 0.05) is 6.54 Å². The Morgan fingerprint density at radius 2 is 2.25 bits per heavy atom. The van der Waals surface area contributed by atoms with Crippen molar-refractivity contribution in [2.45, 2.75) is 38.6 Å². The third-order valence-electron chi connectivity index (χ3n) is 3.17. The molecular weight excluding hydrogens is 224 g/mol. The van der Waals surface area contributed by atoms with E-state index in [0.717, 1.165) is 25.7 Å². The van der Waals surface area contributed by atoms with Crippen LogP contribution in [0.3, 0.4) is 0 Å². The number of likely N-dealkylation sites (tertiary alicyclic amines) is 1. The molecule has 1 amide bonds. The maximum Gasteiger partial charge on any atom is 0.232 e. The predicted octanol–water partition coefficient (Wildman–Crippen LogP) is 0.672. The van der Waals surface area contributed by atoms with E-state index in [9.17, 15) is 9.90 Å². The van der Waals surface area contributed by atoms with Crippen molar-refractivity contribution >= 4 is 23.1 Å². The molecule has 4 nitrogen and oxygen atoms in total. The maximum absolute atomic E-state index is 12.1. The van der Waals surface area contributed by atoms with Gasteiger partial charge in [0.25, 0.3) is 0 Å². The molecule has 0 aromatic heterocycles. The number of aliphatic hydroxyl groups is 1. The quantitative estimate of drug-likeness (QED) is 0.716. The third kappa shape index (κ3) is 3.15. The standard InChI is InChI=1S/C11H20N2O2S/c1-8(10(12)16)11(15)13-6-4-2-3-5-9(13)7-14/h8-9,14H,2-7H2,1H3,(H2,12,16). The molecule has 1 rings (SSSR count). The van der Waals surface area contributed by atoms with Crippen molar-refractivity contribution in [2.75, 3.05) is 13.2 Å². The van der Waals surface area contributed by atoms with Gasteiger partial charge in [-0.3, -0.25) is 4.79 Å². The normalized spacial score (nSPS) is 23.6. The molecule has 0 radical (unpaired) electrons. The number of nitrogens with two attached hydrogens (primary N) is 1. The first-order valence-corrected chi connectivity index (χ1v) is 6.19. The van der Waals surface area contributed by atoms with Gasteiger partial charge in [0.05, 0.1) is 23.6 Å². The van der Waals surface area contributed by atoms with Gasteiger partial charge in [-0.2, -0.15) is 0 Å². The number of hydrogen-bond donors (Lipinski definition) is 2. The van der Waals surface area contributed by atoms with E-state index in [4.69, 9.17) is 18.0 Å². The molecule has 5 heteroatoms. The number of carbonyl (C=O) groups excluding carboxylic acids is 1. The van der Waals surface area contributed by atoms with E-state index in [1.807, 2.05) is 0 Å². The van der Waals surface area contributed by atoms with Crippen molar-refractivity contribution < 1.29 is 9.90 Å². The van der Waals surface area contributed by atoms with Crippen LogP contribution in [-0.4, -0.2) is 40.1 Å². The molecule has 1 aliphatic rings. The van der Waals surface area contributed by atoms with Crippen molar-refractivity contribution in [1.82, 2.24) is 4.90 Å². The van der Waals surface area contributed by atoms with Crippen molar-refractivity contribution in [3.05, 3.63) is 0 Å². The minimum absolute atomic E-state index is 0.0236. The molecule has 3 N–H and O–H groups in total. The van der Waals surface area contributed by atoms with Gasteiger partial charge in [-0.25, -0.2) is 0 Å². The van der Waals surface area contributed by atoms with E-state index in [-0.39, 0.29) is 23.5 Å². The minimum Gasteiger partial charge on any atom is -0.394 e. The second kappa shape index (κ2) is 6.15. The summed E-state index contributed by atoms with van der Waals surface area (Å²) in [6, 6.07) is -0.0631. The molecule has 0 bridgehead atoms. The highest BCUT2D eigenvalue weighted by Crippen LogP contribution is 2.18. The van der Waals surface area contributed by atoms with Crippen LogP contribution in [0.4, 0.5) is 0 Å². The highest BCUT2D eigenvalue weighted by molar-refractivity contribution is 7.80. The zero-order chi connectivity index (χ0) is 12.1. The number of thiocarbonyl (C=S) groups is 1. The van der Waals surface area contributed by atoms with E-state index in [1.165, 1.54) is 0 Å².